The number of hydrogen-bond acceptors (Lipinski definition) is 4. The average Bonchev–Trinajstić information content (AvgIpc) is 3.27. The molecule has 3 fully saturated rings. The first kappa shape index (κ1) is 26.8. The molecule has 4 nitrogen and oxygen atoms in total. The van der Waals surface area contributed by atoms with E-state index in [9.17, 15) is 46.8 Å². The van der Waals surface area contributed by atoms with Gasteiger partial charge in [0.2, 0.25) is 0 Å². The monoisotopic (exact) mass is 614 g/mol. The largest absolute Gasteiger partial charge is 0.438 e. The van der Waals surface area contributed by atoms with Crippen LogP contribution in [0.25, 0.3) is 0 Å². The Hall–Kier alpha value is -1.54. The lowest BCUT2D eigenvalue weighted by atomic mass is 9.55. The van der Waals surface area contributed by atoms with E-state index in [1.54, 1.807) is 6.92 Å². The van der Waals surface area contributed by atoms with Gasteiger partial charge in [-0.2, -0.15) is 26.3 Å². The van der Waals surface area contributed by atoms with Gasteiger partial charge in [0.1, 0.15) is 0 Å². The van der Waals surface area contributed by atoms with Crippen molar-refractivity contribution in [3.63, 3.8) is 0 Å². The number of aliphatic hydroxyl groups excluding tert-OH is 2. The lowest BCUT2D eigenvalue weighted by molar-refractivity contribution is -0.343. The minimum atomic E-state index is -6.14. The van der Waals surface area contributed by atoms with Gasteiger partial charge < -0.3 is 20.4 Å². The summed E-state index contributed by atoms with van der Waals surface area (Å²) in [7, 11) is 0. The summed E-state index contributed by atoms with van der Waals surface area (Å²) in [4.78, 5) is 0. The molecule has 3 saturated carbocycles. The molecular formula is C32H46F6O4. The van der Waals surface area contributed by atoms with E-state index in [2.05, 4.69) is 0 Å². The second-order valence-electron chi connectivity index (χ2n) is 13.1. The zero-order chi connectivity index (χ0) is 36.8. The number of rotatable bonds is 7. The highest BCUT2D eigenvalue weighted by molar-refractivity contribution is 5.27. The third-order valence-corrected chi connectivity index (χ3v) is 9.75. The van der Waals surface area contributed by atoms with Crippen molar-refractivity contribution in [2.24, 2.45) is 22.7 Å². The van der Waals surface area contributed by atoms with Gasteiger partial charge in [-0.15, -0.1) is 0 Å². The Morgan fingerprint density at radius 2 is 1.60 bits per heavy atom. The highest BCUT2D eigenvalue weighted by atomic mass is 19.4. The third-order valence-electron chi connectivity index (χ3n) is 9.75. The summed E-state index contributed by atoms with van der Waals surface area (Å²) in [5.41, 5.74) is -8.09. The Balaban J connectivity index is 2.01. The standard InChI is InChI=1S/C32H46F6O4/c1-27(2,41)13-6-14-28(3,15-7-17-30(42,31(33,34)35)32(36,37)38)26-12-11-25-22(8-5-16-29(25,26)4)10-9-21-18-23(39)20-24(40)19-21/h9-10,23-26,39-42H,5-6,8,11-16,18-20H2,1-4H3/t23-,24-,25?,26-,28?,29+/m1/s1/i1D3,2D3. The summed E-state index contributed by atoms with van der Waals surface area (Å²) in [6.07, 6.45) is -6.93. The molecule has 42 heavy (non-hydrogen) atoms. The summed E-state index contributed by atoms with van der Waals surface area (Å²) in [5.74, 6) is 2.61. The van der Waals surface area contributed by atoms with E-state index in [0.717, 1.165) is 29.9 Å². The van der Waals surface area contributed by atoms with Crippen LogP contribution in [-0.2, 0) is 0 Å². The van der Waals surface area contributed by atoms with Crippen molar-refractivity contribution in [2.75, 3.05) is 0 Å². The lowest BCUT2D eigenvalue weighted by Gasteiger charge is -2.49. The maximum absolute atomic E-state index is 13.4. The fourth-order valence-corrected chi connectivity index (χ4v) is 7.73. The molecule has 10 heteroatoms. The SMILES string of the molecule is [2H]C([2H])([2H])C(O)(CCCC(C)(CC#CC(O)(C(F)(F)F)C(F)(F)F)[C@H]1CCC2C(=CC=C3C[C@@H](O)C[C@H](O)C3)CCC[C@@]21C)C([2H])([2H])[2H]. The van der Waals surface area contributed by atoms with Crippen LogP contribution in [0, 0.1) is 34.5 Å². The third kappa shape index (κ3) is 7.75. The van der Waals surface area contributed by atoms with E-state index in [1.165, 1.54) is 0 Å². The second kappa shape index (κ2) is 12.5. The van der Waals surface area contributed by atoms with Gasteiger partial charge in [0.25, 0.3) is 0 Å². The van der Waals surface area contributed by atoms with Crippen LogP contribution >= 0.6 is 0 Å². The molecule has 0 aromatic rings. The van der Waals surface area contributed by atoms with Crippen LogP contribution in [0.5, 0.6) is 0 Å². The smallest absolute Gasteiger partial charge is 0.393 e. The van der Waals surface area contributed by atoms with Gasteiger partial charge in [-0.1, -0.05) is 49.5 Å². The van der Waals surface area contributed by atoms with Crippen LogP contribution in [0.4, 0.5) is 26.3 Å². The van der Waals surface area contributed by atoms with Crippen LogP contribution in [0.15, 0.2) is 23.3 Å². The van der Waals surface area contributed by atoms with Crippen LogP contribution < -0.4 is 0 Å². The second-order valence-corrected chi connectivity index (χ2v) is 13.1. The average molecular weight is 615 g/mol. The maximum atomic E-state index is 13.4. The molecular weight excluding hydrogens is 562 g/mol. The zero-order valence-corrected chi connectivity index (χ0v) is 24.0. The van der Waals surface area contributed by atoms with Gasteiger partial charge in [-0.05, 0) is 106 Å². The van der Waals surface area contributed by atoms with Crippen LogP contribution in [0.2, 0.25) is 0 Å². The highest BCUT2D eigenvalue weighted by Crippen LogP contribution is 2.63. The highest BCUT2D eigenvalue weighted by Gasteiger charge is 2.70. The molecule has 0 aromatic carbocycles. The van der Waals surface area contributed by atoms with Gasteiger partial charge in [-0.3, -0.25) is 0 Å². The Morgan fingerprint density at radius 3 is 2.17 bits per heavy atom. The van der Waals surface area contributed by atoms with Crippen LogP contribution in [0.1, 0.15) is 113 Å². The van der Waals surface area contributed by atoms with Crippen LogP contribution in [-0.4, -0.2) is 56.2 Å². The molecule has 0 heterocycles. The molecule has 0 bridgehead atoms. The Morgan fingerprint density at radius 1 is 0.976 bits per heavy atom. The van der Waals surface area contributed by atoms with Gasteiger partial charge in [-0.25, -0.2) is 0 Å². The predicted octanol–water partition coefficient (Wildman–Crippen LogP) is 7.16. The molecule has 0 saturated heterocycles. The minimum Gasteiger partial charge on any atom is -0.393 e. The van der Waals surface area contributed by atoms with E-state index in [1.807, 2.05) is 25.0 Å². The van der Waals surface area contributed by atoms with Crippen molar-refractivity contribution >= 4 is 0 Å². The fourth-order valence-electron chi connectivity index (χ4n) is 7.73. The maximum Gasteiger partial charge on any atom is 0.438 e. The molecule has 3 rings (SSSR count). The molecule has 240 valence electrons. The molecule has 4 N–H and O–H groups in total. The molecule has 3 aliphatic rings. The predicted molar refractivity (Wildman–Crippen MR) is 148 cm³/mol. The van der Waals surface area contributed by atoms with Gasteiger partial charge in [0, 0.05) is 14.6 Å². The molecule has 0 aliphatic heterocycles. The van der Waals surface area contributed by atoms with E-state index in [4.69, 9.17) is 8.22 Å². The Bertz CT molecular complexity index is 1240. The Labute approximate surface area is 253 Å². The molecule has 3 aliphatic carbocycles. The van der Waals surface area contributed by atoms with Crippen molar-refractivity contribution in [3.8, 4) is 11.8 Å². The first-order valence-corrected chi connectivity index (χ1v) is 14.4. The van der Waals surface area contributed by atoms with E-state index >= 15 is 0 Å². The summed E-state index contributed by atoms with van der Waals surface area (Å²) in [5, 5.41) is 40.6. The zero-order valence-electron chi connectivity index (χ0n) is 30.0. The van der Waals surface area contributed by atoms with Crippen molar-refractivity contribution < 1.29 is 55.0 Å². The van der Waals surface area contributed by atoms with Crippen molar-refractivity contribution in [1.29, 1.82) is 0 Å². The number of fused-ring (bicyclic) bond motifs is 1. The summed E-state index contributed by atoms with van der Waals surface area (Å²) < 4.78 is 126. The first-order valence-electron chi connectivity index (χ1n) is 17.4. The molecule has 0 aromatic heterocycles. The van der Waals surface area contributed by atoms with Crippen molar-refractivity contribution in [3.05, 3.63) is 23.3 Å². The van der Waals surface area contributed by atoms with Gasteiger partial charge in [0.15, 0.2) is 0 Å². The van der Waals surface area contributed by atoms with Gasteiger partial charge in [0.05, 0.1) is 17.8 Å². The molecule has 2 unspecified atom stereocenters. The molecule has 0 radical (unpaired) electrons. The fraction of sp³-hybridized carbons (Fsp3) is 0.812. The van der Waals surface area contributed by atoms with E-state index in [0.29, 0.717) is 32.1 Å². The normalized spacial score (nSPS) is 34.5. The van der Waals surface area contributed by atoms with E-state index < -0.39 is 73.1 Å². The van der Waals surface area contributed by atoms with Crippen molar-refractivity contribution in [1.82, 2.24) is 0 Å². The minimum absolute atomic E-state index is 0.0252. The molecule has 0 spiro atoms. The molecule has 6 atom stereocenters. The summed E-state index contributed by atoms with van der Waals surface area (Å²) in [6, 6.07) is 0. The van der Waals surface area contributed by atoms with Crippen molar-refractivity contribution in [2.45, 2.75) is 140 Å². The molecule has 0 amide bonds. The number of halogens is 6. The Kier molecular flexibility index (Phi) is 7.95. The lowest BCUT2D eigenvalue weighted by Crippen LogP contribution is -2.55. The topological polar surface area (TPSA) is 80.9 Å². The number of hydrogen-bond donors (Lipinski definition) is 4. The van der Waals surface area contributed by atoms with Crippen LogP contribution in [0.3, 0.4) is 0 Å². The number of alkyl halides is 6. The van der Waals surface area contributed by atoms with E-state index in [-0.39, 0.29) is 31.1 Å². The first-order chi connectivity index (χ1) is 21.6. The number of allylic oxidation sites excluding steroid dienone is 3. The van der Waals surface area contributed by atoms with Gasteiger partial charge >= 0.3 is 18.0 Å². The summed E-state index contributed by atoms with van der Waals surface area (Å²) >= 11 is 0. The summed E-state index contributed by atoms with van der Waals surface area (Å²) in [6.45, 7) is -3.00. The quantitative estimate of drug-likeness (QED) is 0.181. The number of aliphatic hydroxyl groups is 4.